The van der Waals surface area contributed by atoms with E-state index in [4.69, 9.17) is 4.74 Å². The first-order chi connectivity index (χ1) is 19.1. The molecule has 0 N–H and O–H groups in total. The van der Waals surface area contributed by atoms with Gasteiger partial charge in [0.25, 0.3) is 0 Å². The van der Waals surface area contributed by atoms with Crippen molar-refractivity contribution in [2.45, 2.75) is 58.8 Å². The molecule has 231 valence electrons. The fraction of sp³-hybridized carbons (Fsp3) is 0.368. The zero-order valence-electron chi connectivity index (χ0n) is 27.6. The van der Waals surface area contributed by atoms with Crippen LogP contribution in [0.2, 0.25) is 0 Å². The molecule has 0 aliphatic heterocycles. The van der Waals surface area contributed by atoms with Crippen molar-refractivity contribution in [3.05, 3.63) is 126 Å². The van der Waals surface area contributed by atoms with Gasteiger partial charge in [-0.3, -0.25) is 6.08 Å². The molecule has 0 heterocycles. The standard InChI is InChI=1S/C20H27O.2C9H12N.Er/c1-14-12-16(19(2,3)4)18(21-7)17(13-14)20(5,6)15-10-8-9-11-15;2*1-8-6-4-5-7-9(8)10(2)3;/h8-9,12-13H,10H2,1-7H3;2*4-7H,1H2,2-3H3;/q3*-1;+3. The summed E-state index contributed by atoms with van der Waals surface area (Å²) in [6.45, 7) is 21.2. The first-order valence-electron chi connectivity index (χ1n) is 14.2. The monoisotopic (exact) mass is 717 g/mol. The summed E-state index contributed by atoms with van der Waals surface area (Å²) >= 11 is 0. The number of hydrogen-bond donors (Lipinski definition) is 0. The van der Waals surface area contributed by atoms with Crippen LogP contribution in [0.3, 0.4) is 0 Å². The van der Waals surface area contributed by atoms with Crippen LogP contribution in [0.25, 0.3) is 0 Å². The van der Waals surface area contributed by atoms with Crippen LogP contribution in [0.5, 0.6) is 5.75 Å². The summed E-state index contributed by atoms with van der Waals surface area (Å²) in [5, 5.41) is 0. The molecule has 0 saturated carbocycles. The molecule has 0 fully saturated rings. The first kappa shape index (κ1) is 37.6. The van der Waals surface area contributed by atoms with E-state index in [0.717, 1.165) is 23.3 Å². The van der Waals surface area contributed by atoms with Crippen LogP contribution in [0.1, 0.15) is 68.9 Å². The minimum absolute atomic E-state index is 0. The van der Waals surface area contributed by atoms with E-state index < -0.39 is 0 Å². The van der Waals surface area contributed by atoms with E-state index in [1.807, 2.05) is 70.7 Å². The fourth-order valence-electron chi connectivity index (χ4n) is 4.90. The van der Waals surface area contributed by atoms with Crippen molar-refractivity contribution >= 4 is 11.4 Å². The maximum absolute atomic E-state index is 5.84. The molecule has 0 atom stereocenters. The Morgan fingerprint density at radius 1 is 0.762 bits per heavy atom. The Labute approximate surface area is 287 Å². The molecular formula is C38H51ErN2O. The van der Waals surface area contributed by atoms with E-state index in [9.17, 15) is 0 Å². The molecule has 42 heavy (non-hydrogen) atoms. The number of ether oxygens (including phenoxy) is 1. The molecule has 3 aromatic carbocycles. The number of anilines is 2. The van der Waals surface area contributed by atoms with Gasteiger partial charge >= 0.3 is 37.3 Å². The molecule has 1 aliphatic rings. The van der Waals surface area contributed by atoms with Gasteiger partial charge in [0.05, 0.1) is 7.11 Å². The predicted octanol–water partition coefficient (Wildman–Crippen LogP) is 9.14. The van der Waals surface area contributed by atoms with Crippen molar-refractivity contribution in [1.82, 2.24) is 0 Å². The zero-order valence-corrected chi connectivity index (χ0v) is 29.5. The van der Waals surface area contributed by atoms with E-state index in [2.05, 4.69) is 102 Å². The van der Waals surface area contributed by atoms with Gasteiger partial charge < -0.3 is 14.5 Å². The molecule has 0 spiro atoms. The summed E-state index contributed by atoms with van der Waals surface area (Å²) in [5.41, 5.74) is 9.67. The van der Waals surface area contributed by atoms with Crippen LogP contribution < -0.4 is 14.5 Å². The molecule has 0 saturated heterocycles. The molecule has 3 nitrogen and oxygen atoms in total. The van der Waals surface area contributed by atoms with Crippen molar-refractivity contribution < 1.29 is 42.0 Å². The van der Waals surface area contributed by atoms with E-state index in [1.54, 1.807) is 7.11 Å². The smallest absolute Gasteiger partial charge is 0.496 e. The van der Waals surface area contributed by atoms with E-state index >= 15 is 0 Å². The second-order valence-corrected chi connectivity index (χ2v) is 12.5. The van der Waals surface area contributed by atoms with Crippen LogP contribution in [-0.2, 0) is 10.8 Å². The van der Waals surface area contributed by atoms with Gasteiger partial charge in [0, 0.05) is 11.1 Å². The molecule has 4 heteroatoms. The SMILES string of the molecule is COc1c(C(C)(C)C)cc(C)cc1C(C)(C)C1=[C-]C=CC1.[CH2-]c1ccccc1N(C)C.[CH2-]c1ccccc1N(C)C.[Er+3]. The Bertz CT molecular complexity index is 1290. The summed E-state index contributed by atoms with van der Waals surface area (Å²) in [4.78, 5) is 4.12. The molecule has 4 rings (SSSR count). The van der Waals surface area contributed by atoms with Crippen LogP contribution in [0.15, 0.2) is 78.4 Å². The maximum atomic E-state index is 5.84. The van der Waals surface area contributed by atoms with Crippen molar-refractivity contribution in [3.8, 4) is 5.75 Å². The van der Waals surface area contributed by atoms with Crippen LogP contribution in [-0.4, -0.2) is 35.3 Å². The van der Waals surface area contributed by atoms with Crippen molar-refractivity contribution in [2.24, 2.45) is 0 Å². The Hall–Kier alpha value is -2.47. The molecule has 0 aromatic heterocycles. The van der Waals surface area contributed by atoms with Crippen molar-refractivity contribution in [1.29, 1.82) is 0 Å². The maximum Gasteiger partial charge on any atom is 3.00 e. The third-order valence-corrected chi connectivity index (χ3v) is 7.32. The van der Waals surface area contributed by atoms with Gasteiger partial charge in [0.15, 0.2) is 0 Å². The van der Waals surface area contributed by atoms with Gasteiger partial charge in [-0.15, -0.1) is 12.1 Å². The second-order valence-electron chi connectivity index (χ2n) is 12.5. The fourth-order valence-corrected chi connectivity index (χ4v) is 4.90. The Balaban J connectivity index is 0.000000351. The summed E-state index contributed by atoms with van der Waals surface area (Å²) < 4.78 is 5.84. The topological polar surface area (TPSA) is 15.7 Å². The second kappa shape index (κ2) is 16.4. The zero-order chi connectivity index (χ0) is 31.0. The first-order valence-corrected chi connectivity index (χ1v) is 14.2. The number of aryl methyl sites for hydroxylation is 1. The van der Waals surface area contributed by atoms with Crippen LogP contribution in [0, 0.1) is 64.2 Å². The van der Waals surface area contributed by atoms with Crippen molar-refractivity contribution in [3.63, 3.8) is 0 Å². The molecule has 0 unspecified atom stereocenters. The minimum Gasteiger partial charge on any atom is -0.496 e. The number of rotatable bonds is 5. The summed E-state index contributed by atoms with van der Waals surface area (Å²) in [6, 6.07) is 20.7. The van der Waals surface area contributed by atoms with E-state index in [1.165, 1.54) is 33.6 Å². The number of methoxy groups -OCH3 is 1. The van der Waals surface area contributed by atoms with Gasteiger partial charge in [0.1, 0.15) is 5.75 Å². The molecule has 1 aliphatic carbocycles. The van der Waals surface area contributed by atoms with Crippen LogP contribution in [0.4, 0.5) is 11.4 Å². The van der Waals surface area contributed by atoms with E-state index in [0.29, 0.717) is 0 Å². The van der Waals surface area contributed by atoms with Gasteiger partial charge in [-0.2, -0.15) is 42.7 Å². The summed E-state index contributed by atoms with van der Waals surface area (Å²) in [6.07, 6.45) is 8.59. The largest absolute Gasteiger partial charge is 3.00 e. The molecule has 1 radical (unpaired) electrons. The molecule has 3 aromatic rings. The van der Waals surface area contributed by atoms with Crippen LogP contribution >= 0.6 is 0 Å². The number of para-hydroxylation sites is 2. The van der Waals surface area contributed by atoms with Gasteiger partial charge in [0.2, 0.25) is 0 Å². The number of hydrogen-bond acceptors (Lipinski definition) is 3. The third kappa shape index (κ3) is 10.1. The van der Waals surface area contributed by atoms with Gasteiger partial charge in [-0.05, 0) is 45.9 Å². The summed E-state index contributed by atoms with van der Waals surface area (Å²) in [7, 11) is 9.85. The Morgan fingerprint density at radius 2 is 1.21 bits per heavy atom. The number of allylic oxidation sites excluding steroid dienone is 4. The molecule has 0 bridgehead atoms. The predicted molar refractivity (Wildman–Crippen MR) is 180 cm³/mol. The summed E-state index contributed by atoms with van der Waals surface area (Å²) in [5.74, 6) is 1.03. The Kier molecular flexibility index (Phi) is 14.7. The normalized spacial score (nSPS) is 12.1. The average molecular weight is 719 g/mol. The third-order valence-electron chi connectivity index (χ3n) is 7.32. The Morgan fingerprint density at radius 3 is 1.55 bits per heavy atom. The minimum atomic E-state index is -0.0686. The quantitative estimate of drug-likeness (QED) is 0.245. The van der Waals surface area contributed by atoms with Gasteiger partial charge in [-0.1, -0.05) is 94.4 Å². The molecule has 0 amide bonds. The molecular weight excluding hydrogens is 668 g/mol. The van der Waals surface area contributed by atoms with E-state index in [-0.39, 0.29) is 48.1 Å². The number of benzene rings is 3. The average Bonchev–Trinajstić information content (AvgIpc) is 3.45. The number of nitrogens with zero attached hydrogens (tertiary/aromatic N) is 2. The van der Waals surface area contributed by atoms with Gasteiger partial charge in [-0.25, -0.2) is 12.2 Å². The van der Waals surface area contributed by atoms with Crippen molar-refractivity contribution in [2.75, 3.05) is 45.1 Å².